The van der Waals surface area contributed by atoms with Gasteiger partial charge in [0.1, 0.15) is 5.75 Å². The summed E-state index contributed by atoms with van der Waals surface area (Å²) in [6, 6.07) is 15.8. The zero-order chi connectivity index (χ0) is 25.4. The van der Waals surface area contributed by atoms with Crippen molar-refractivity contribution >= 4 is 21.7 Å². The summed E-state index contributed by atoms with van der Waals surface area (Å²) >= 11 is 0. The zero-order valence-corrected chi connectivity index (χ0v) is 20.7. The van der Waals surface area contributed by atoms with Crippen LogP contribution in [0.3, 0.4) is 0 Å². The maximum atomic E-state index is 13.7. The van der Waals surface area contributed by atoms with Crippen LogP contribution in [0.25, 0.3) is 32.9 Å². The SMILES string of the molecule is COc1cncc(-c2ccc(Cc3cc4c(=O)n([C@H]5CCCC[C@@H]5O)cnc4c4ccccc34)cn2)c1. The third-order valence-corrected chi connectivity index (χ3v) is 7.39. The molecule has 3 aromatic heterocycles. The Labute approximate surface area is 214 Å². The van der Waals surface area contributed by atoms with Gasteiger partial charge in [-0.05, 0) is 54.0 Å². The van der Waals surface area contributed by atoms with Gasteiger partial charge in [0.15, 0.2) is 0 Å². The lowest BCUT2D eigenvalue weighted by Gasteiger charge is -2.29. The number of benzene rings is 2. The number of hydrogen-bond acceptors (Lipinski definition) is 6. The molecule has 0 bridgehead atoms. The van der Waals surface area contributed by atoms with Crippen molar-refractivity contribution < 1.29 is 9.84 Å². The molecule has 1 saturated carbocycles. The van der Waals surface area contributed by atoms with Crippen LogP contribution in [0.15, 0.2) is 78.2 Å². The second-order valence-electron chi connectivity index (χ2n) is 9.70. The Bertz CT molecular complexity index is 1650. The molecule has 0 spiro atoms. The normalized spacial score (nSPS) is 17.8. The van der Waals surface area contributed by atoms with Gasteiger partial charge < -0.3 is 9.84 Å². The van der Waals surface area contributed by atoms with Crippen LogP contribution in [0.5, 0.6) is 5.75 Å². The van der Waals surface area contributed by atoms with Crippen LogP contribution in [0.1, 0.15) is 42.9 Å². The lowest BCUT2D eigenvalue weighted by Crippen LogP contribution is -2.34. The molecule has 0 radical (unpaired) electrons. The van der Waals surface area contributed by atoms with E-state index in [2.05, 4.69) is 22.1 Å². The van der Waals surface area contributed by atoms with Crippen LogP contribution in [0, 0.1) is 0 Å². The summed E-state index contributed by atoms with van der Waals surface area (Å²) in [5.74, 6) is 0.686. The summed E-state index contributed by atoms with van der Waals surface area (Å²) in [7, 11) is 1.62. The molecule has 7 heteroatoms. The Kier molecular flexibility index (Phi) is 6.14. The number of hydrogen-bond donors (Lipinski definition) is 1. The molecule has 37 heavy (non-hydrogen) atoms. The predicted molar refractivity (Wildman–Crippen MR) is 144 cm³/mol. The first-order valence-electron chi connectivity index (χ1n) is 12.7. The molecule has 2 aromatic carbocycles. The van der Waals surface area contributed by atoms with Gasteiger partial charge in [0.05, 0.1) is 48.4 Å². The van der Waals surface area contributed by atoms with Crippen molar-refractivity contribution in [2.75, 3.05) is 7.11 Å². The largest absolute Gasteiger partial charge is 0.495 e. The number of methoxy groups -OCH3 is 1. The standard InChI is InChI=1S/C30H28N4O3/c1-37-22-13-21(16-31-17-22)26-11-10-19(15-32-26)12-20-14-25-29(24-7-3-2-6-23(20)24)33-18-34(30(25)36)27-8-4-5-9-28(27)35/h2-3,6-7,10-11,13-18,27-28,35H,4-5,8-9,12H2,1H3/t27-,28-/m0/s1. The van der Waals surface area contributed by atoms with Crippen molar-refractivity contribution in [2.24, 2.45) is 0 Å². The molecular formula is C30H28N4O3. The number of aliphatic hydroxyl groups is 1. The van der Waals surface area contributed by atoms with Gasteiger partial charge in [-0.2, -0.15) is 0 Å². The van der Waals surface area contributed by atoms with Crippen molar-refractivity contribution in [3.05, 3.63) is 94.9 Å². The van der Waals surface area contributed by atoms with Crippen LogP contribution in [0.2, 0.25) is 0 Å². The van der Waals surface area contributed by atoms with E-state index in [-0.39, 0.29) is 11.6 Å². The number of aliphatic hydroxyl groups excluding tert-OH is 1. The summed E-state index contributed by atoms with van der Waals surface area (Å²) in [6.45, 7) is 0. The van der Waals surface area contributed by atoms with E-state index in [1.54, 1.807) is 30.4 Å². The van der Waals surface area contributed by atoms with Crippen molar-refractivity contribution in [1.82, 2.24) is 19.5 Å². The fourth-order valence-electron chi connectivity index (χ4n) is 5.44. The first-order chi connectivity index (χ1) is 18.1. The average Bonchev–Trinajstić information content (AvgIpc) is 2.95. The molecule has 0 unspecified atom stereocenters. The van der Waals surface area contributed by atoms with Gasteiger partial charge >= 0.3 is 0 Å². The highest BCUT2D eigenvalue weighted by Gasteiger charge is 2.26. The van der Waals surface area contributed by atoms with E-state index in [0.717, 1.165) is 52.4 Å². The quantitative estimate of drug-likeness (QED) is 0.344. The highest BCUT2D eigenvalue weighted by molar-refractivity contribution is 6.06. The lowest BCUT2D eigenvalue weighted by molar-refractivity contribution is 0.0735. The molecule has 5 aromatic rings. The van der Waals surface area contributed by atoms with E-state index >= 15 is 0 Å². The first kappa shape index (κ1) is 23.3. The summed E-state index contributed by atoms with van der Waals surface area (Å²) in [4.78, 5) is 27.3. The molecule has 1 fully saturated rings. The third kappa shape index (κ3) is 4.36. The van der Waals surface area contributed by atoms with E-state index in [4.69, 9.17) is 9.72 Å². The number of fused-ring (bicyclic) bond motifs is 3. The summed E-state index contributed by atoms with van der Waals surface area (Å²) in [5.41, 5.74) is 4.39. The molecule has 1 aliphatic carbocycles. The summed E-state index contributed by atoms with van der Waals surface area (Å²) < 4.78 is 6.92. The van der Waals surface area contributed by atoms with E-state index in [0.29, 0.717) is 29.5 Å². The van der Waals surface area contributed by atoms with Crippen molar-refractivity contribution in [3.63, 3.8) is 0 Å². The third-order valence-electron chi connectivity index (χ3n) is 7.39. The monoisotopic (exact) mass is 492 g/mol. The number of pyridine rings is 2. The highest BCUT2D eigenvalue weighted by atomic mass is 16.5. The van der Waals surface area contributed by atoms with Gasteiger partial charge in [0, 0.05) is 23.3 Å². The van der Waals surface area contributed by atoms with Crippen LogP contribution in [0.4, 0.5) is 0 Å². The Hall–Kier alpha value is -4.10. The average molecular weight is 493 g/mol. The van der Waals surface area contributed by atoms with Gasteiger partial charge in [0.25, 0.3) is 5.56 Å². The molecule has 2 atom stereocenters. The van der Waals surface area contributed by atoms with Crippen molar-refractivity contribution in [3.8, 4) is 17.0 Å². The van der Waals surface area contributed by atoms with Gasteiger partial charge in [-0.25, -0.2) is 4.98 Å². The van der Waals surface area contributed by atoms with Crippen LogP contribution in [-0.4, -0.2) is 37.8 Å². The predicted octanol–water partition coefficient (Wildman–Crippen LogP) is 5.08. The zero-order valence-electron chi connectivity index (χ0n) is 20.7. The second kappa shape index (κ2) is 9.75. The van der Waals surface area contributed by atoms with Gasteiger partial charge in [0.2, 0.25) is 0 Å². The van der Waals surface area contributed by atoms with E-state index in [1.165, 1.54) is 0 Å². The molecule has 0 aliphatic heterocycles. The van der Waals surface area contributed by atoms with Crippen molar-refractivity contribution in [2.45, 2.75) is 44.2 Å². The molecular weight excluding hydrogens is 464 g/mol. The molecule has 186 valence electrons. The highest BCUT2D eigenvalue weighted by Crippen LogP contribution is 2.31. The Morgan fingerprint density at radius 1 is 0.973 bits per heavy atom. The number of ether oxygens (including phenoxy) is 1. The van der Waals surface area contributed by atoms with Gasteiger partial charge in [-0.3, -0.25) is 19.3 Å². The molecule has 6 rings (SSSR count). The minimum absolute atomic E-state index is 0.0954. The minimum Gasteiger partial charge on any atom is -0.495 e. The Morgan fingerprint density at radius 2 is 1.81 bits per heavy atom. The van der Waals surface area contributed by atoms with Crippen LogP contribution >= 0.6 is 0 Å². The topological polar surface area (TPSA) is 90.1 Å². The fraction of sp³-hybridized carbons (Fsp3) is 0.267. The number of aromatic nitrogens is 4. The van der Waals surface area contributed by atoms with Gasteiger partial charge in [-0.15, -0.1) is 0 Å². The molecule has 1 aliphatic rings. The van der Waals surface area contributed by atoms with Crippen LogP contribution in [-0.2, 0) is 6.42 Å². The maximum absolute atomic E-state index is 13.7. The van der Waals surface area contributed by atoms with E-state index in [9.17, 15) is 9.90 Å². The molecule has 1 N–H and O–H groups in total. The van der Waals surface area contributed by atoms with Crippen LogP contribution < -0.4 is 10.3 Å². The molecule has 0 saturated heterocycles. The maximum Gasteiger partial charge on any atom is 0.261 e. The van der Waals surface area contributed by atoms with E-state index in [1.807, 2.05) is 42.6 Å². The Morgan fingerprint density at radius 3 is 2.59 bits per heavy atom. The summed E-state index contributed by atoms with van der Waals surface area (Å²) in [5, 5.41) is 13.2. The minimum atomic E-state index is -0.519. The number of rotatable bonds is 5. The second-order valence-corrected chi connectivity index (χ2v) is 9.70. The Balaban J connectivity index is 1.40. The van der Waals surface area contributed by atoms with Crippen molar-refractivity contribution in [1.29, 1.82) is 0 Å². The lowest BCUT2D eigenvalue weighted by atomic mass is 9.92. The molecule has 7 nitrogen and oxygen atoms in total. The fourth-order valence-corrected chi connectivity index (χ4v) is 5.44. The van der Waals surface area contributed by atoms with E-state index < -0.39 is 6.10 Å². The number of nitrogens with zero attached hydrogens (tertiary/aromatic N) is 4. The van der Waals surface area contributed by atoms with Gasteiger partial charge in [-0.1, -0.05) is 43.2 Å². The molecule has 0 amide bonds. The first-order valence-corrected chi connectivity index (χ1v) is 12.7. The summed E-state index contributed by atoms with van der Waals surface area (Å²) in [6.07, 6.45) is 10.5. The molecule has 3 heterocycles. The smallest absolute Gasteiger partial charge is 0.261 e.